The van der Waals surface area contributed by atoms with Gasteiger partial charge in [0, 0.05) is 13.8 Å². The molecule has 0 aromatic heterocycles. The molecule has 0 spiro atoms. The van der Waals surface area contributed by atoms with Crippen molar-refractivity contribution in [3.63, 3.8) is 0 Å². The summed E-state index contributed by atoms with van der Waals surface area (Å²) in [4.78, 5) is 61.6. The van der Waals surface area contributed by atoms with Crippen LogP contribution in [0, 0.1) is 0 Å². The lowest BCUT2D eigenvalue weighted by Gasteiger charge is -2.28. The summed E-state index contributed by atoms with van der Waals surface area (Å²) in [5.41, 5.74) is 0.179. The Bertz CT molecular complexity index is 1090. The number of aliphatic hydroxyl groups is 1. The maximum Gasteiger partial charge on any atom is 0.332 e. The molecule has 1 heterocycles. The van der Waals surface area contributed by atoms with Gasteiger partial charge < -0.3 is 19.3 Å². The van der Waals surface area contributed by atoms with Crippen molar-refractivity contribution in [3.05, 3.63) is 59.2 Å². The van der Waals surface area contributed by atoms with E-state index in [-0.39, 0.29) is 28.2 Å². The molecule has 2 atom stereocenters. The number of carbonyl (C=O) groups excluding carboxylic acids is 5. The molecule has 166 valence electrons. The van der Waals surface area contributed by atoms with E-state index in [0.717, 1.165) is 21.0 Å². The van der Waals surface area contributed by atoms with Crippen molar-refractivity contribution in [1.82, 2.24) is 4.90 Å². The SMILES string of the molecule is COC(=O)[C@H]([C@@H](O)c1ccc(OC(C)=O)c(OC(C)=O)c1)N1C(=O)c2ccccc2C1=O. The topological polar surface area (TPSA) is 137 Å². The first kappa shape index (κ1) is 22.6. The van der Waals surface area contributed by atoms with Crippen LogP contribution in [0.15, 0.2) is 42.5 Å². The zero-order valence-electron chi connectivity index (χ0n) is 17.4. The molecule has 0 saturated heterocycles. The average molecular weight is 441 g/mol. The van der Waals surface area contributed by atoms with Gasteiger partial charge in [0.15, 0.2) is 17.5 Å². The van der Waals surface area contributed by atoms with Crippen LogP contribution in [-0.4, -0.2) is 52.9 Å². The second-order valence-electron chi connectivity index (χ2n) is 6.83. The van der Waals surface area contributed by atoms with Gasteiger partial charge in [-0.2, -0.15) is 0 Å². The van der Waals surface area contributed by atoms with Crippen molar-refractivity contribution in [3.8, 4) is 11.5 Å². The number of methoxy groups -OCH3 is 1. The Morgan fingerprint density at radius 3 is 1.91 bits per heavy atom. The lowest BCUT2D eigenvalue weighted by atomic mass is 10.00. The number of rotatable bonds is 6. The van der Waals surface area contributed by atoms with E-state index in [1.807, 2.05) is 0 Å². The molecule has 32 heavy (non-hydrogen) atoms. The van der Waals surface area contributed by atoms with Crippen molar-refractivity contribution >= 4 is 29.7 Å². The fraction of sp³-hybridized carbons (Fsp3) is 0.227. The van der Waals surface area contributed by atoms with Gasteiger partial charge in [0.1, 0.15) is 6.10 Å². The quantitative estimate of drug-likeness (QED) is 0.401. The van der Waals surface area contributed by atoms with E-state index in [4.69, 9.17) is 14.2 Å². The van der Waals surface area contributed by atoms with E-state index in [1.54, 1.807) is 12.1 Å². The van der Waals surface area contributed by atoms with Crippen LogP contribution >= 0.6 is 0 Å². The highest BCUT2D eigenvalue weighted by molar-refractivity contribution is 6.22. The van der Waals surface area contributed by atoms with Crippen LogP contribution in [-0.2, 0) is 19.1 Å². The van der Waals surface area contributed by atoms with Crippen molar-refractivity contribution in [2.24, 2.45) is 0 Å². The highest BCUT2D eigenvalue weighted by Crippen LogP contribution is 2.35. The Labute approximate surface area is 182 Å². The molecule has 0 fully saturated rings. The molecule has 1 aliphatic rings. The third-order valence-corrected chi connectivity index (χ3v) is 4.66. The van der Waals surface area contributed by atoms with Gasteiger partial charge in [-0.25, -0.2) is 4.79 Å². The molecule has 0 bridgehead atoms. The molecule has 2 amide bonds. The molecule has 3 rings (SSSR count). The van der Waals surface area contributed by atoms with Crippen molar-refractivity contribution in [1.29, 1.82) is 0 Å². The summed E-state index contributed by atoms with van der Waals surface area (Å²) in [6.07, 6.45) is -1.75. The largest absolute Gasteiger partial charge is 0.467 e. The van der Waals surface area contributed by atoms with Gasteiger partial charge in [0.05, 0.1) is 18.2 Å². The maximum absolute atomic E-state index is 12.9. The van der Waals surface area contributed by atoms with Crippen LogP contribution in [0.4, 0.5) is 0 Å². The molecule has 10 heteroatoms. The number of esters is 3. The second-order valence-corrected chi connectivity index (χ2v) is 6.83. The fourth-order valence-electron chi connectivity index (χ4n) is 3.32. The third kappa shape index (κ3) is 4.21. The third-order valence-electron chi connectivity index (χ3n) is 4.66. The molecule has 0 unspecified atom stereocenters. The number of carbonyl (C=O) groups is 5. The number of benzene rings is 2. The van der Waals surface area contributed by atoms with E-state index < -0.39 is 41.9 Å². The molecule has 2 aromatic carbocycles. The smallest absolute Gasteiger partial charge is 0.332 e. The summed E-state index contributed by atoms with van der Waals surface area (Å²) in [6, 6.07) is 7.98. The maximum atomic E-state index is 12.9. The van der Waals surface area contributed by atoms with Gasteiger partial charge in [0.25, 0.3) is 11.8 Å². The zero-order valence-corrected chi connectivity index (χ0v) is 17.4. The number of hydrogen-bond acceptors (Lipinski definition) is 9. The predicted octanol–water partition coefficient (Wildman–Crippen LogP) is 1.41. The summed E-state index contributed by atoms with van der Waals surface area (Å²) in [6.45, 7) is 2.27. The average Bonchev–Trinajstić information content (AvgIpc) is 2.99. The molecule has 10 nitrogen and oxygen atoms in total. The summed E-state index contributed by atoms with van der Waals surface area (Å²) < 4.78 is 14.7. The lowest BCUT2D eigenvalue weighted by Crippen LogP contribution is -2.49. The Morgan fingerprint density at radius 2 is 1.41 bits per heavy atom. The van der Waals surface area contributed by atoms with E-state index in [1.165, 1.54) is 30.3 Å². The predicted molar refractivity (Wildman–Crippen MR) is 107 cm³/mol. The van der Waals surface area contributed by atoms with Crippen LogP contribution in [0.25, 0.3) is 0 Å². The van der Waals surface area contributed by atoms with Crippen LogP contribution in [0.2, 0.25) is 0 Å². The van der Waals surface area contributed by atoms with Crippen LogP contribution in [0.5, 0.6) is 11.5 Å². The van der Waals surface area contributed by atoms with E-state index in [0.29, 0.717) is 4.90 Å². The van der Waals surface area contributed by atoms with Crippen LogP contribution in [0.1, 0.15) is 46.2 Å². The number of amides is 2. The highest BCUT2D eigenvalue weighted by atomic mass is 16.6. The van der Waals surface area contributed by atoms with Gasteiger partial charge in [-0.1, -0.05) is 18.2 Å². The van der Waals surface area contributed by atoms with Gasteiger partial charge in [-0.15, -0.1) is 0 Å². The van der Waals surface area contributed by atoms with E-state index >= 15 is 0 Å². The monoisotopic (exact) mass is 441 g/mol. The number of nitrogens with zero attached hydrogens (tertiary/aromatic N) is 1. The molecule has 0 radical (unpaired) electrons. The number of aliphatic hydroxyl groups excluding tert-OH is 1. The molecular formula is C22H19NO9. The summed E-state index contributed by atoms with van der Waals surface area (Å²) >= 11 is 0. The van der Waals surface area contributed by atoms with Gasteiger partial charge >= 0.3 is 17.9 Å². The number of fused-ring (bicyclic) bond motifs is 1. The fourth-order valence-corrected chi connectivity index (χ4v) is 3.32. The molecule has 2 aromatic rings. The van der Waals surface area contributed by atoms with E-state index in [9.17, 15) is 29.1 Å². The minimum Gasteiger partial charge on any atom is -0.467 e. The first-order valence-corrected chi connectivity index (χ1v) is 9.39. The lowest BCUT2D eigenvalue weighted by molar-refractivity contribution is -0.149. The van der Waals surface area contributed by atoms with Gasteiger partial charge in [-0.05, 0) is 29.8 Å². The van der Waals surface area contributed by atoms with Crippen molar-refractivity contribution in [2.45, 2.75) is 26.0 Å². The standard InChI is InChI=1S/C22H19NO9/c1-11(24)31-16-9-8-13(10-17(16)32-12(2)25)19(26)18(22(29)30-3)23-20(27)14-6-4-5-7-15(14)21(23)28/h4-10,18-19,26H,1-3H3/t18-,19-/m0/s1. The first-order chi connectivity index (χ1) is 15.1. The van der Waals surface area contributed by atoms with Gasteiger partial charge in [0.2, 0.25) is 0 Å². The Kier molecular flexibility index (Phi) is 6.35. The molecule has 0 saturated carbocycles. The minimum absolute atomic E-state index is 0.00380. The highest BCUT2D eigenvalue weighted by Gasteiger charge is 2.47. The molecule has 1 N–H and O–H groups in total. The van der Waals surface area contributed by atoms with Crippen LogP contribution in [0.3, 0.4) is 0 Å². The summed E-state index contributed by atoms with van der Waals surface area (Å²) in [5, 5.41) is 11.0. The summed E-state index contributed by atoms with van der Waals surface area (Å²) in [5.74, 6) is -4.27. The first-order valence-electron chi connectivity index (χ1n) is 9.39. The summed E-state index contributed by atoms with van der Waals surface area (Å²) in [7, 11) is 1.05. The van der Waals surface area contributed by atoms with Crippen molar-refractivity contribution in [2.75, 3.05) is 7.11 Å². The zero-order chi connectivity index (χ0) is 23.6. The molecular weight excluding hydrogens is 422 g/mol. The Balaban J connectivity index is 2.04. The molecule has 1 aliphatic heterocycles. The Morgan fingerprint density at radius 1 is 0.875 bits per heavy atom. The number of hydrogen-bond donors (Lipinski definition) is 1. The van der Waals surface area contributed by atoms with Crippen LogP contribution < -0.4 is 9.47 Å². The van der Waals surface area contributed by atoms with Crippen molar-refractivity contribution < 1.29 is 43.3 Å². The van der Waals surface area contributed by atoms with Gasteiger partial charge in [-0.3, -0.25) is 24.1 Å². The number of ether oxygens (including phenoxy) is 3. The van der Waals surface area contributed by atoms with E-state index in [2.05, 4.69) is 0 Å². The second kappa shape index (κ2) is 8.98. The molecule has 0 aliphatic carbocycles. The minimum atomic E-state index is -1.75. The Hall–Kier alpha value is -4.05. The number of imide groups is 1. The normalized spacial score (nSPS) is 14.4.